The van der Waals surface area contributed by atoms with E-state index in [1.165, 1.54) is 25.5 Å². The van der Waals surface area contributed by atoms with Crippen molar-refractivity contribution in [2.75, 3.05) is 12.5 Å². The monoisotopic (exact) mass is 321 g/mol. The summed E-state index contributed by atoms with van der Waals surface area (Å²) in [6.07, 6.45) is 1.38. The van der Waals surface area contributed by atoms with E-state index in [-0.39, 0.29) is 5.75 Å². The Morgan fingerprint density at radius 1 is 1.36 bits per heavy atom. The predicted octanol–water partition coefficient (Wildman–Crippen LogP) is 3.41. The Labute approximate surface area is 130 Å². The van der Waals surface area contributed by atoms with Gasteiger partial charge >= 0.3 is 5.69 Å². The summed E-state index contributed by atoms with van der Waals surface area (Å²) in [5.41, 5.74) is 3.42. The smallest absolute Gasteiger partial charge is 0.315 e. The lowest BCUT2D eigenvalue weighted by molar-refractivity contribution is -0.386. The maximum Gasteiger partial charge on any atom is 0.315 e. The van der Waals surface area contributed by atoms with Crippen LogP contribution in [0.15, 0.2) is 41.5 Å². The standard InChI is InChI=1S/C14H12ClN3O4/c1-22-13-7-9(6-12(14(13)19)18(20)21)8-16-17-11-4-2-10(15)3-5-11/h2-8,17,19H,1H3/b16-8-. The number of nitrogens with one attached hydrogen (secondary N) is 1. The lowest BCUT2D eigenvalue weighted by Crippen LogP contribution is -1.96. The Kier molecular flexibility index (Phi) is 4.80. The molecule has 0 spiro atoms. The first-order valence-corrected chi connectivity index (χ1v) is 6.49. The van der Waals surface area contributed by atoms with Crippen LogP contribution in [0.3, 0.4) is 0 Å². The number of anilines is 1. The molecule has 0 aliphatic heterocycles. The molecule has 0 bridgehead atoms. The van der Waals surface area contributed by atoms with Crippen molar-refractivity contribution in [3.8, 4) is 11.5 Å². The van der Waals surface area contributed by atoms with Gasteiger partial charge in [0.1, 0.15) is 0 Å². The number of ether oxygens (including phenoxy) is 1. The summed E-state index contributed by atoms with van der Waals surface area (Å²) in [5.74, 6) is -0.516. The van der Waals surface area contributed by atoms with Crippen LogP contribution in [0, 0.1) is 10.1 Å². The van der Waals surface area contributed by atoms with Crippen LogP contribution < -0.4 is 10.2 Å². The Hall–Kier alpha value is -2.80. The summed E-state index contributed by atoms with van der Waals surface area (Å²) in [7, 11) is 1.31. The number of halogens is 1. The van der Waals surface area contributed by atoms with Gasteiger partial charge in [0.2, 0.25) is 5.75 Å². The van der Waals surface area contributed by atoms with Crippen LogP contribution in [0.4, 0.5) is 11.4 Å². The molecule has 0 radical (unpaired) electrons. The van der Waals surface area contributed by atoms with Crippen LogP contribution in [-0.2, 0) is 0 Å². The summed E-state index contributed by atoms with van der Waals surface area (Å²) in [6.45, 7) is 0. The maximum absolute atomic E-state index is 10.9. The summed E-state index contributed by atoms with van der Waals surface area (Å²) in [4.78, 5) is 10.2. The SMILES string of the molecule is COc1cc(/C=N\Nc2ccc(Cl)cc2)cc([N+](=O)[O-])c1O. The number of aromatic hydroxyl groups is 1. The molecule has 2 aromatic carbocycles. The number of hydrazone groups is 1. The zero-order chi connectivity index (χ0) is 16.1. The van der Waals surface area contributed by atoms with Crippen LogP contribution in [0.1, 0.15) is 5.56 Å². The highest BCUT2D eigenvalue weighted by Gasteiger charge is 2.19. The van der Waals surface area contributed by atoms with Gasteiger partial charge in [-0.25, -0.2) is 0 Å². The van der Waals surface area contributed by atoms with Crippen LogP contribution in [0.2, 0.25) is 5.02 Å². The molecule has 0 saturated heterocycles. The zero-order valence-electron chi connectivity index (χ0n) is 11.5. The summed E-state index contributed by atoms with van der Waals surface area (Å²) >= 11 is 5.77. The van der Waals surface area contributed by atoms with Gasteiger partial charge in [-0.05, 0) is 30.3 Å². The predicted molar refractivity (Wildman–Crippen MR) is 84.0 cm³/mol. The first-order valence-electron chi connectivity index (χ1n) is 6.11. The number of nitrogens with zero attached hydrogens (tertiary/aromatic N) is 2. The van der Waals surface area contributed by atoms with Crippen LogP contribution in [0.25, 0.3) is 0 Å². The third-order valence-electron chi connectivity index (χ3n) is 2.75. The van der Waals surface area contributed by atoms with Crippen molar-refractivity contribution >= 4 is 29.2 Å². The van der Waals surface area contributed by atoms with E-state index in [1.54, 1.807) is 24.3 Å². The van der Waals surface area contributed by atoms with Gasteiger partial charge in [-0.15, -0.1) is 0 Å². The molecular formula is C14H12ClN3O4. The van der Waals surface area contributed by atoms with Gasteiger partial charge < -0.3 is 9.84 Å². The van der Waals surface area contributed by atoms with Gasteiger partial charge in [0.15, 0.2) is 5.75 Å². The average Bonchev–Trinajstić information content (AvgIpc) is 2.50. The first-order chi connectivity index (χ1) is 10.5. The molecule has 0 aliphatic carbocycles. The first kappa shape index (κ1) is 15.6. The lowest BCUT2D eigenvalue weighted by Gasteiger charge is -2.05. The highest BCUT2D eigenvalue weighted by Crippen LogP contribution is 2.36. The van der Waals surface area contributed by atoms with Gasteiger partial charge in [0.05, 0.1) is 23.9 Å². The lowest BCUT2D eigenvalue weighted by atomic mass is 10.2. The molecule has 8 heteroatoms. The molecule has 22 heavy (non-hydrogen) atoms. The number of phenols is 1. The van der Waals surface area contributed by atoms with Gasteiger partial charge in [-0.1, -0.05) is 11.6 Å². The topological polar surface area (TPSA) is 97.0 Å². The molecule has 114 valence electrons. The molecule has 0 fully saturated rings. The second-order valence-corrected chi connectivity index (χ2v) is 4.66. The minimum Gasteiger partial charge on any atom is -0.500 e. The molecule has 0 heterocycles. The van der Waals surface area contributed by atoms with Gasteiger partial charge in [-0.2, -0.15) is 5.10 Å². The average molecular weight is 322 g/mol. The number of hydrogen-bond donors (Lipinski definition) is 2. The quantitative estimate of drug-likeness (QED) is 0.499. The third kappa shape index (κ3) is 3.64. The minimum absolute atomic E-state index is 0.00198. The van der Waals surface area contributed by atoms with Crippen molar-refractivity contribution in [1.82, 2.24) is 0 Å². The van der Waals surface area contributed by atoms with Crippen molar-refractivity contribution in [3.05, 3.63) is 57.1 Å². The number of hydrogen-bond acceptors (Lipinski definition) is 6. The molecule has 0 unspecified atom stereocenters. The number of methoxy groups -OCH3 is 1. The Morgan fingerprint density at radius 3 is 2.64 bits per heavy atom. The molecular weight excluding hydrogens is 310 g/mol. The molecule has 0 aromatic heterocycles. The molecule has 7 nitrogen and oxygen atoms in total. The van der Waals surface area contributed by atoms with Crippen LogP contribution >= 0.6 is 11.6 Å². The summed E-state index contributed by atoms with van der Waals surface area (Å²) in [5, 5.41) is 25.1. The normalized spacial score (nSPS) is 10.6. The fourth-order valence-corrected chi connectivity index (χ4v) is 1.81. The number of rotatable bonds is 5. The van der Waals surface area contributed by atoms with Gasteiger partial charge in [-0.3, -0.25) is 15.5 Å². The second-order valence-electron chi connectivity index (χ2n) is 4.22. The van der Waals surface area contributed by atoms with E-state index in [4.69, 9.17) is 16.3 Å². The van der Waals surface area contributed by atoms with E-state index in [1.807, 2.05) is 0 Å². The van der Waals surface area contributed by atoms with Crippen molar-refractivity contribution < 1.29 is 14.8 Å². The molecule has 0 atom stereocenters. The minimum atomic E-state index is -0.693. The van der Waals surface area contributed by atoms with E-state index in [0.717, 1.165) is 0 Å². The molecule has 0 amide bonds. The molecule has 2 aromatic rings. The van der Waals surface area contributed by atoms with E-state index in [2.05, 4.69) is 10.5 Å². The fourth-order valence-electron chi connectivity index (χ4n) is 1.69. The maximum atomic E-state index is 10.9. The van der Waals surface area contributed by atoms with Gasteiger partial charge in [0, 0.05) is 16.7 Å². The largest absolute Gasteiger partial charge is 0.500 e. The highest BCUT2D eigenvalue weighted by molar-refractivity contribution is 6.30. The van der Waals surface area contributed by atoms with Gasteiger partial charge in [0.25, 0.3) is 0 Å². The summed E-state index contributed by atoms with van der Waals surface area (Å²) < 4.78 is 4.90. The molecule has 2 rings (SSSR count). The summed E-state index contributed by atoms with van der Waals surface area (Å²) in [6, 6.07) is 9.51. The second kappa shape index (κ2) is 6.77. The Morgan fingerprint density at radius 2 is 2.05 bits per heavy atom. The van der Waals surface area contributed by atoms with E-state index >= 15 is 0 Å². The fraction of sp³-hybridized carbons (Fsp3) is 0.0714. The number of phenolic OH excluding ortho intramolecular Hbond substituents is 1. The highest BCUT2D eigenvalue weighted by atomic mass is 35.5. The van der Waals surface area contributed by atoms with Crippen molar-refractivity contribution in [2.24, 2.45) is 5.10 Å². The Balaban J connectivity index is 2.21. The molecule has 0 aliphatic rings. The Bertz CT molecular complexity index is 717. The molecule has 0 saturated carbocycles. The number of benzene rings is 2. The van der Waals surface area contributed by atoms with E-state index in [0.29, 0.717) is 16.3 Å². The van der Waals surface area contributed by atoms with Crippen LogP contribution in [-0.4, -0.2) is 23.4 Å². The molecule has 2 N–H and O–H groups in total. The van der Waals surface area contributed by atoms with Crippen molar-refractivity contribution in [1.29, 1.82) is 0 Å². The van der Waals surface area contributed by atoms with Crippen LogP contribution in [0.5, 0.6) is 11.5 Å². The number of nitro benzene ring substituents is 1. The van der Waals surface area contributed by atoms with E-state index < -0.39 is 16.4 Å². The zero-order valence-corrected chi connectivity index (χ0v) is 12.2. The van der Waals surface area contributed by atoms with Crippen molar-refractivity contribution in [2.45, 2.75) is 0 Å². The third-order valence-corrected chi connectivity index (χ3v) is 3.00. The van der Waals surface area contributed by atoms with Crippen molar-refractivity contribution in [3.63, 3.8) is 0 Å². The number of nitro groups is 1. The van der Waals surface area contributed by atoms with E-state index in [9.17, 15) is 15.2 Å².